The second-order valence-corrected chi connectivity index (χ2v) is 7.25. The number of nitrogen functional groups attached to an aromatic ring is 1. The van der Waals surface area contributed by atoms with Gasteiger partial charge in [-0.15, -0.1) is 0 Å². The topological polar surface area (TPSA) is 72.5 Å². The third kappa shape index (κ3) is 5.76. The van der Waals surface area contributed by atoms with Gasteiger partial charge in [0.1, 0.15) is 12.4 Å². The second-order valence-electron chi connectivity index (χ2n) is 6.44. The van der Waals surface area contributed by atoms with Gasteiger partial charge in [0.25, 0.3) is 0 Å². The molecule has 0 unspecified atom stereocenters. The van der Waals surface area contributed by atoms with Crippen molar-refractivity contribution in [3.63, 3.8) is 0 Å². The second kappa shape index (κ2) is 9.50. The maximum atomic E-state index is 10.9. The molecule has 3 aromatic carbocycles. The van der Waals surface area contributed by atoms with Gasteiger partial charge in [-0.2, -0.15) is 0 Å². The molecule has 6 heteroatoms. The average Bonchev–Trinajstić information content (AvgIpc) is 2.68. The van der Waals surface area contributed by atoms with Crippen molar-refractivity contribution in [3.8, 4) is 5.75 Å². The highest BCUT2D eigenvalue weighted by atomic mass is 35.5. The summed E-state index contributed by atoms with van der Waals surface area (Å²) in [5.74, 6) is -0.365. The maximum absolute atomic E-state index is 10.9. The lowest BCUT2D eigenvalue weighted by molar-refractivity contribution is -0.131. The molecule has 0 aliphatic rings. The van der Waals surface area contributed by atoms with E-state index >= 15 is 0 Å². The highest BCUT2D eigenvalue weighted by Gasteiger charge is 2.09. The molecule has 0 saturated heterocycles. The van der Waals surface area contributed by atoms with Crippen molar-refractivity contribution >= 4 is 40.9 Å². The molecule has 0 aliphatic carbocycles. The van der Waals surface area contributed by atoms with Crippen LogP contribution in [0.3, 0.4) is 0 Å². The SMILES string of the molecule is Nc1ccc(Cc2cc(OCc3c(Cl)cccc3Cl)ccc2C=CC(=O)O)cc1. The van der Waals surface area contributed by atoms with E-state index in [0.29, 0.717) is 33.5 Å². The first-order valence-electron chi connectivity index (χ1n) is 8.86. The van der Waals surface area contributed by atoms with E-state index in [1.54, 1.807) is 30.3 Å². The number of hydrogen-bond acceptors (Lipinski definition) is 3. The number of ether oxygens (including phenoxy) is 1. The molecule has 4 nitrogen and oxygen atoms in total. The van der Waals surface area contributed by atoms with E-state index < -0.39 is 5.97 Å². The Kier molecular flexibility index (Phi) is 6.81. The molecule has 0 spiro atoms. The van der Waals surface area contributed by atoms with E-state index in [0.717, 1.165) is 22.8 Å². The summed E-state index contributed by atoms with van der Waals surface area (Å²) < 4.78 is 5.90. The van der Waals surface area contributed by atoms with Crippen LogP contribution in [0, 0.1) is 0 Å². The largest absolute Gasteiger partial charge is 0.489 e. The van der Waals surface area contributed by atoms with Gasteiger partial charge in [0.2, 0.25) is 0 Å². The van der Waals surface area contributed by atoms with E-state index in [4.69, 9.17) is 38.8 Å². The number of hydrogen-bond donors (Lipinski definition) is 2. The van der Waals surface area contributed by atoms with Gasteiger partial charge in [-0.3, -0.25) is 0 Å². The number of benzene rings is 3. The minimum absolute atomic E-state index is 0.226. The lowest BCUT2D eigenvalue weighted by atomic mass is 9.99. The molecule has 0 radical (unpaired) electrons. The smallest absolute Gasteiger partial charge is 0.328 e. The van der Waals surface area contributed by atoms with Gasteiger partial charge in [0, 0.05) is 27.4 Å². The summed E-state index contributed by atoms with van der Waals surface area (Å²) >= 11 is 12.4. The molecular weight excluding hydrogens is 409 g/mol. The Bertz CT molecular complexity index is 1030. The number of carbonyl (C=O) groups is 1. The van der Waals surface area contributed by atoms with E-state index in [-0.39, 0.29) is 6.61 Å². The van der Waals surface area contributed by atoms with Crippen molar-refractivity contribution < 1.29 is 14.6 Å². The first-order chi connectivity index (χ1) is 13.9. The maximum Gasteiger partial charge on any atom is 0.328 e. The Balaban J connectivity index is 1.86. The zero-order valence-electron chi connectivity index (χ0n) is 15.4. The van der Waals surface area contributed by atoms with Gasteiger partial charge in [-0.25, -0.2) is 4.79 Å². The van der Waals surface area contributed by atoms with Crippen molar-refractivity contribution in [2.24, 2.45) is 0 Å². The summed E-state index contributed by atoms with van der Waals surface area (Å²) in [5.41, 5.74) is 9.93. The van der Waals surface area contributed by atoms with Crippen LogP contribution in [0.25, 0.3) is 6.08 Å². The van der Waals surface area contributed by atoms with Crippen LogP contribution in [0.15, 0.2) is 66.7 Å². The molecule has 3 N–H and O–H groups in total. The minimum Gasteiger partial charge on any atom is -0.489 e. The molecular formula is C23H19Cl2NO3. The Morgan fingerprint density at radius 3 is 2.38 bits per heavy atom. The first-order valence-corrected chi connectivity index (χ1v) is 9.62. The van der Waals surface area contributed by atoms with Crippen LogP contribution >= 0.6 is 23.2 Å². The zero-order valence-corrected chi connectivity index (χ0v) is 17.0. The average molecular weight is 428 g/mol. The van der Waals surface area contributed by atoms with Gasteiger partial charge in [0.15, 0.2) is 0 Å². The number of halogens is 2. The molecule has 0 amide bonds. The summed E-state index contributed by atoms with van der Waals surface area (Å²) in [7, 11) is 0. The van der Waals surface area contributed by atoms with E-state index in [9.17, 15) is 4.79 Å². The molecule has 3 rings (SSSR count). The number of nitrogens with two attached hydrogens (primary N) is 1. The molecule has 3 aromatic rings. The molecule has 0 aliphatic heterocycles. The number of carboxylic acid groups (broad SMARTS) is 1. The standard InChI is InChI=1S/C23H19Cl2NO3/c24-21-2-1-3-22(25)20(21)14-29-19-10-6-16(7-11-23(27)28)17(13-19)12-15-4-8-18(26)9-5-15/h1-11,13H,12,14,26H2,(H,27,28). The van der Waals surface area contributed by atoms with Crippen molar-refractivity contribution in [2.75, 3.05) is 5.73 Å². The van der Waals surface area contributed by atoms with Gasteiger partial charge in [-0.05, 0) is 65.6 Å². The van der Waals surface area contributed by atoms with Gasteiger partial charge < -0.3 is 15.6 Å². The predicted octanol–water partition coefficient (Wildman–Crippen LogP) is 5.84. The van der Waals surface area contributed by atoms with Gasteiger partial charge in [0.05, 0.1) is 0 Å². The van der Waals surface area contributed by atoms with Gasteiger partial charge in [-0.1, -0.05) is 47.5 Å². The van der Waals surface area contributed by atoms with Crippen LogP contribution < -0.4 is 10.5 Å². The lowest BCUT2D eigenvalue weighted by Crippen LogP contribution is -2.00. The highest BCUT2D eigenvalue weighted by Crippen LogP contribution is 2.27. The normalized spacial score (nSPS) is 11.0. The zero-order chi connectivity index (χ0) is 20.8. The van der Waals surface area contributed by atoms with E-state index in [1.807, 2.05) is 36.4 Å². The first kappa shape index (κ1) is 20.8. The highest BCUT2D eigenvalue weighted by molar-refractivity contribution is 6.35. The van der Waals surface area contributed by atoms with E-state index in [2.05, 4.69) is 0 Å². The van der Waals surface area contributed by atoms with Crippen LogP contribution in [-0.2, 0) is 17.8 Å². The predicted molar refractivity (Wildman–Crippen MR) is 118 cm³/mol. The van der Waals surface area contributed by atoms with Crippen molar-refractivity contribution in [3.05, 3.63) is 99.0 Å². The summed E-state index contributed by atoms with van der Waals surface area (Å²) in [4.78, 5) is 10.9. The van der Waals surface area contributed by atoms with Crippen LogP contribution in [0.2, 0.25) is 10.0 Å². The van der Waals surface area contributed by atoms with E-state index in [1.165, 1.54) is 0 Å². The summed E-state index contributed by atoms with van der Waals surface area (Å²) in [6, 6.07) is 18.4. The molecule has 0 heterocycles. The number of carboxylic acids is 1. The fourth-order valence-electron chi connectivity index (χ4n) is 2.83. The molecule has 0 fully saturated rings. The monoisotopic (exact) mass is 427 g/mol. The van der Waals surface area contributed by atoms with Crippen LogP contribution in [0.1, 0.15) is 22.3 Å². The number of rotatable bonds is 7. The Morgan fingerprint density at radius 2 is 1.72 bits per heavy atom. The fraction of sp³-hybridized carbons (Fsp3) is 0.0870. The molecule has 148 valence electrons. The van der Waals surface area contributed by atoms with Crippen LogP contribution in [-0.4, -0.2) is 11.1 Å². The lowest BCUT2D eigenvalue weighted by Gasteiger charge is -2.13. The number of anilines is 1. The minimum atomic E-state index is -1.00. The van der Waals surface area contributed by atoms with Gasteiger partial charge >= 0.3 is 5.97 Å². The van der Waals surface area contributed by atoms with Crippen LogP contribution in [0.5, 0.6) is 5.75 Å². The quantitative estimate of drug-likeness (QED) is 0.366. The molecule has 29 heavy (non-hydrogen) atoms. The Hall–Kier alpha value is -2.95. The summed E-state index contributed by atoms with van der Waals surface area (Å²) in [6.07, 6.45) is 3.29. The number of aliphatic carboxylic acids is 1. The summed E-state index contributed by atoms with van der Waals surface area (Å²) in [6.45, 7) is 0.226. The Morgan fingerprint density at radius 1 is 1.03 bits per heavy atom. The third-order valence-corrected chi connectivity index (χ3v) is 5.05. The molecule has 0 aromatic heterocycles. The molecule has 0 atom stereocenters. The van der Waals surface area contributed by atoms with Crippen molar-refractivity contribution in [2.45, 2.75) is 13.0 Å². The molecule has 0 bridgehead atoms. The van der Waals surface area contributed by atoms with Crippen molar-refractivity contribution in [1.29, 1.82) is 0 Å². The molecule has 0 saturated carbocycles. The summed E-state index contributed by atoms with van der Waals surface area (Å²) in [5, 5.41) is 10.0. The van der Waals surface area contributed by atoms with Crippen molar-refractivity contribution in [1.82, 2.24) is 0 Å². The van der Waals surface area contributed by atoms with Crippen LogP contribution in [0.4, 0.5) is 5.69 Å². The Labute approximate surface area is 179 Å². The third-order valence-electron chi connectivity index (χ3n) is 4.34. The fourth-order valence-corrected chi connectivity index (χ4v) is 3.34.